The smallest absolute Gasteiger partial charge is 0.222 e. The van der Waals surface area contributed by atoms with E-state index in [-0.39, 0.29) is 5.91 Å². The second kappa shape index (κ2) is 10.1. The number of hydrogen-bond donors (Lipinski definition) is 2. The first-order valence-corrected chi connectivity index (χ1v) is 13.8. The number of likely N-dealkylation sites (tertiary alicyclic amines) is 2. The van der Waals surface area contributed by atoms with Gasteiger partial charge in [0, 0.05) is 29.5 Å². The molecule has 9 nitrogen and oxygen atoms in total. The highest BCUT2D eigenvalue weighted by Gasteiger charge is 2.19. The molecule has 2 fully saturated rings. The fourth-order valence-corrected chi connectivity index (χ4v) is 5.70. The van der Waals surface area contributed by atoms with E-state index < -0.39 is 0 Å². The average molecular weight is 522 g/mol. The van der Waals surface area contributed by atoms with Crippen molar-refractivity contribution in [3.8, 4) is 28.4 Å². The van der Waals surface area contributed by atoms with Gasteiger partial charge >= 0.3 is 0 Å². The highest BCUT2D eigenvalue weighted by molar-refractivity contribution is 5.97. The summed E-state index contributed by atoms with van der Waals surface area (Å²) in [6, 6.07) is 18.7. The van der Waals surface area contributed by atoms with Crippen LogP contribution in [0.5, 0.6) is 5.75 Å². The molecule has 39 heavy (non-hydrogen) atoms. The van der Waals surface area contributed by atoms with E-state index in [1.807, 2.05) is 23.1 Å². The number of nitrogens with zero attached hydrogens (tertiary/aromatic N) is 5. The fraction of sp³-hybridized carbons (Fsp3) is 0.333. The van der Waals surface area contributed by atoms with E-state index in [1.54, 1.807) is 0 Å². The van der Waals surface area contributed by atoms with Crippen molar-refractivity contribution in [2.24, 2.45) is 0 Å². The van der Waals surface area contributed by atoms with Gasteiger partial charge in [0.05, 0.1) is 24.3 Å². The zero-order valence-electron chi connectivity index (χ0n) is 21.8. The molecule has 198 valence electrons. The Labute approximate surface area is 226 Å². The lowest BCUT2D eigenvalue weighted by Gasteiger charge is -2.16. The van der Waals surface area contributed by atoms with Gasteiger partial charge in [-0.3, -0.25) is 19.9 Å². The van der Waals surface area contributed by atoms with E-state index in [1.165, 1.54) is 12.8 Å². The Balaban J connectivity index is 1.10. The third kappa shape index (κ3) is 4.85. The van der Waals surface area contributed by atoms with Gasteiger partial charge in [0.15, 0.2) is 5.82 Å². The summed E-state index contributed by atoms with van der Waals surface area (Å²) in [5, 5.41) is 18.7. The number of aromatic amines is 2. The summed E-state index contributed by atoms with van der Waals surface area (Å²) < 4.78 is 5.95. The van der Waals surface area contributed by atoms with Crippen molar-refractivity contribution in [3.63, 3.8) is 0 Å². The predicted octanol–water partition coefficient (Wildman–Crippen LogP) is 4.77. The quantitative estimate of drug-likeness (QED) is 0.305. The zero-order valence-corrected chi connectivity index (χ0v) is 21.8. The van der Waals surface area contributed by atoms with Gasteiger partial charge in [-0.25, -0.2) is 4.98 Å². The molecule has 0 spiro atoms. The van der Waals surface area contributed by atoms with Crippen LogP contribution in [0.2, 0.25) is 0 Å². The van der Waals surface area contributed by atoms with Gasteiger partial charge in [0.2, 0.25) is 5.91 Å². The molecule has 1 amide bonds. The van der Waals surface area contributed by atoms with Crippen LogP contribution in [0.4, 0.5) is 0 Å². The lowest BCUT2D eigenvalue weighted by atomic mass is 10.0. The summed E-state index contributed by atoms with van der Waals surface area (Å²) in [5.41, 5.74) is 3.88. The SMILES string of the molecule is O=C1CCCN1CCOc1ccc2cc(-c3n[nH]c4ccc(-c5n[nH]c(CN6CCCC6)n5)cc34)ccc2c1. The Kier molecular flexibility index (Phi) is 6.20. The topological polar surface area (TPSA) is 103 Å². The number of fused-ring (bicyclic) bond motifs is 2. The number of rotatable bonds is 8. The number of amides is 1. The fourth-order valence-electron chi connectivity index (χ4n) is 5.70. The van der Waals surface area contributed by atoms with Gasteiger partial charge in [-0.05, 0) is 79.5 Å². The number of ether oxygens (including phenoxy) is 1. The monoisotopic (exact) mass is 521 g/mol. The van der Waals surface area contributed by atoms with Gasteiger partial charge in [0.25, 0.3) is 0 Å². The molecule has 0 radical (unpaired) electrons. The molecule has 0 aliphatic carbocycles. The number of carbonyl (C=O) groups is 1. The van der Waals surface area contributed by atoms with E-state index >= 15 is 0 Å². The van der Waals surface area contributed by atoms with Crippen LogP contribution in [-0.4, -0.2) is 73.9 Å². The first kappa shape index (κ1) is 23.8. The van der Waals surface area contributed by atoms with Crippen molar-refractivity contribution in [1.82, 2.24) is 35.2 Å². The Bertz CT molecular complexity index is 1650. The molecule has 0 bridgehead atoms. The van der Waals surface area contributed by atoms with Crippen molar-refractivity contribution >= 4 is 27.6 Å². The van der Waals surface area contributed by atoms with Crippen LogP contribution >= 0.6 is 0 Å². The van der Waals surface area contributed by atoms with Crippen LogP contribution in [0.1, 0.15) is 31.5 Å². The number of H-pyrrole nitrogens is 2. The summed E-state index contributed by atoms with van der Waals surface area (Å²) in [6.07, 6.45) is 4.12. The Morgan fingerprint density at radius 1 is 0.846 bits per heavy atom. The molecule has 2 saturated heterocycles. The van der Waals surface area contributed by atoms with Crippen LogP contribution in [0.3, 0.4) is 0 Å². The summed E-state index contributed by atoms with van der Waals surface area (Å²) in [5.74, 6) is 2.65. The van der Waals surface area contributed by atoms with E-state index in [0.29, 0.717) is 25.4 Å². The van der Waals surface area contributed by atoms with Gasteiger partial charge < -0.3 is 9.64 Å². The third-order valence-corrected chi connectivity index (χ3v) is 7.81. The van der Waals surface area contributed by atoms with Crippen molar-refractivity contribution in [1.29, 1.82) is 0 Å². The second-order valence-corrected chi connectivity index (χ2v) is 10.5. The maximum absolute atomic E-state index is 11.8. The van der Waals surface area contributed by atoms with Crippen molar-refractivity contribution in [2.45, 2.75) is 32.2 Å². The van der Waals surface area contributed by atoms with E-state index in [4.69, 9.17) is 9.72 Å². The van der Waals surface area contributed by atoms with Crippen molar-refractivity contribution in [2.75, 3.05) is 32.8 Å². The number of aromatic nitrogens is 5. The van der Waals surface area contributed by atoms with Crippen LogP contribution in [0.25, 0.3) is 44.3 Å². The molecule has 0 unspecified atom stereocenters. The minimum atomic E-state index is 0.227. The highest BCUT2D eigenvalue weighted by atomic mass is 16.5. The Morgan fingerprint density at radius 2 is 1.69 bits per heavy atom. The molecule has 5 aromatic rings. The predicted molar refractivity (Wildman–Crippen MR) is 150 cm³/mol. The number of hydrogen-bond acceptors (Lipinski definition) is 6. The van der Waals surface area contributed by atoms with E-state index in [9.17, 15) is 4.79 Å². The molecule has 0 atom stereocenters. The van der Waals surface area contributed by atoms with Gasteiger partial charge in [-0.15, -0.1) is 0 Å². The third-order valence-electron chi connectivity index (χ3n) is 7.81. The lowest BCUT2D eigenvalue weighted by molar-refractivity contribution is -0.128. The van der Waals surface area contributed by atoms with Gasteiger partial charge in [-0.2, -0.15) is 10.2 Å². The molecule has 9 heteroatoms. The molecule has 0 saturated carbocycles. The normalized spacial score (nSPS) is 16.2. The lowest BCUT2D eigenvalue weighted by Crippen LogP contribution is -2.29. The van der Waals surface area contributed by atoms with E-state index in [0.717, 1.165) is 82.7 Å². The maximum Gasteiger partial charge on any atom is 0.222 e. The van der Waals surface area contributed by atoms with Crippen LogP contribution in [0.15, 0.2) is 54.6 Å². The summed E-state index contributed by atoms with van der Waals surface area (Å²) >= 11 is 0. The van der Waals surface area contributed by atoms with Crippen molar-refractivity contribution < 1.29 is 9.53 Å². The average Bonchev–Trinajstić information content (AvgIpc) is 3.77. The van der Waals surface area contributed by atoms with Crippen molar-refractivity contribution in [3.05, 3.63) is 60.4 Å². The summed E-state index contributed by atoms with van der Waals surface area (Å²) in [4.78, 5) is 20.9. The number of nitrogens with one attached hydrogen (secondary N) is 2. The number of carbonyl (C=O) groups excluding carboxylic acids is 1. The standard InChI is InChI=1S/C30H31N7O2/c38-28-4-3-13-37(28)14-15-39-24-9-7-20-16-22(6-5-21(20)17-24)29-25-18-23(8-10-26(25)32-34-29)30-31-27(33-35-30)19-36-11-1-2-12-36/h5-10,16-18H,1-4,11-15,19H2,(H,32,34)(H,31,33,35). The van der Waals surface area contributed by atoms with Crippen LogP contribution in [-0.2, 0) is 11.3 Å². The molecule has 3 aromatic carbocycles. The molecule has 2 aliphatic rings. The van der Waals surface area contributed by atoms with Crippen LogP contribution in [0, 0.1) is 0 Å². The summed E-state index contributed by atoms with van der Waals surface area (Å²) in [6.45, 7) is 5.04. The highest BCUT2D eigenvalue weighted by Crippen LogP contribution is 2.32. The largest absolute Gasteiger partial charge is 0.492 e. The minimum absolute atomic E-state index is 0.227. The maximum atomic E-state index is 11.8. The first-order chi connectivity index (χ1) is 19.2. The molecule has 2 aliphatic heterocycles. The minimum Gasteiger partial charge on any atom is -0.492 e. The van der Waals surface area contributed by atoms with Crippen LogP contribution < -0.4 is 4.74 Å². The van der Waals surface area contributed by atoms with Gasteiger partial charge in [-0.1, -0.05) is 18.2 Å². The second-order valence-electron chi connectivity index (χ2n) is 10.5. The Morgan fingerprint density at radius 3 is 2.56 bits per heavy atom. The Hall–Kier alpha value is -4.24. The number of benzene rings is 3. The molecule has 2 aromatic heterocycles. The molecular weight excluding hydrogens is 490 g/mol. The summed E-state index contributed by atoms with van der Waals surface area (Å²) in [7, 11) is 0. The molecule has 2 N–H and O–H groups in total. The van der Waals surface area contributed by atoms with Gasteiger partial charge in [0.1, 0.15) is 18.2 Å². The van der Waals surface area contributed by atoms with E-state index in [2.05, 4.69) is 61.7 Å². The molecule has 4 heterocycles. The molecular formula is C30H31N7O2. The molecule has 7 rings (SSSR count). The first-order valence-electron chi connectivity index (χ1n) is 13.8. The zero-order chi connectivity index (χ0) is 26.2.